The van der Waals surface area contributed by atoms with E-state index in [0.29, 0.717) is 18.8 Å². The van der Waals surface area contributed by atoms with Crippen LogP contribution in [0.5, 0.6) is 5.75 Å². The van der Waals surface area contributed by atoms with Crippen molar-refractivity contribution >= 4 is 34.9 Å². The van der Waals surface area contributed by atoms with Crippen LogP contribution in [0.15, 0.2) is 30.5 Å². The van der Waals surface area contributed by atoms with Crippen LogP contribution in [0.1, 0.15) is 42.6 Å². The molecule has 2 aromatic rings. The van der Waals surface area contributed by atoms with Crippen LogP contribution in [0.4, 0.5) is 24.8 Å². The minimum absolute atomic E-state index is 0.00194. The molecule has 1 saturated heterocycles. The number of piperidine rings is 1. The van der Waals surface area contributed by atoms with Crippen molar-refractivity contribution in [2.45, 2.75) is 38.5 Å². The maximum atomic E-state index is 12.8. The molecule has 2 heterocycles. The number of carbonyl (C=O) groups excluding carboxylic acids is 2. The number of aromatic nitrogens is 2. The van der Waals surface area contributed by atoms with Gasteiger partial charge in [-0.3, -0.25) is 14.9 Å². The van der Waals surface area contributed by atoms with Crippen LogP contribution >= 0.6 is 11.6 Å². The van der Waals surface area contributed by atoms with E-state index in [1.54, 1.807) is 0 Å². The number of hydrogen-bond donors (Lipinski definition) is 1. The molecule has 2 fully saturated rings. The normalized spacial score (nSPS) is 18.7. The molecule has 1 aliphatic carbocycles. The fraction of sp³-hybridized carbons (Fsp3) is 0.455. The van der Waals surface area contributed by atoms with E-state index >= 15 is 0 Å². The number of hydrogen-bond acceptors (Lipinski definition) is 6. The first kappa shape index (κ1) is 23.3. The van der Waals surface area contributed by atoms with Crippen molar-refractivity contribution in [1.29, 1.82) is 0 Å². The predicted octanol–water partition coefficient (Wildman–Crippen LogP) is 4.87. The third-order valence-corrected chi connectivity index (χ3v) is 5.91. The second-order valence-corrected chi connectivity index (χ2v) is 8.68. The topological polar surface area (TPSA) is 84.4 Å². The fourth-order valence-corrected chi connectivity index (χ4v) is 4.18. The van der Waals surface area contributed by atoms with E-state index in [0.717, 1.165) is 31.7 Å². The number of amides is 1. The molecule has 1 atom stereocenters. The Morgan fingerprint density at radius 2 is 2.00 bits per heavy atom. The molecule has 0 unspecified atom stereocenters. The molecule has 0 spiro atoms. The molecule has 1 saturated carbocycles. The van der Waals surface area contributed by atoms with Gasteiger partial charge in [0, 0.05) is 37.7 Å². The lowest BCUT2D eigenvalue weighted by Crippen LogP contribution is -2.36. The quantitative estimate of drug-likeness (QED) is 0.567. The maximum absolute atomic E-state index is 12.8. The maximum Gasteiger partial charge on any atom is 0.573 e. The van der Waals surface area contributed by atoms with Crippen LogP contribution in [0.3, 0.4) is 0 Å². The Hall–Kier alpha value is -2.88. The van der Waals surface area contributed by atoms with Crippen molar-refractivity contribution in [3.8, 4) is 5.75 Å². The predicted molar refractivity (Wildman–Crippen MR) is 115 cm³/mol. The van der Waals surface area contributed by atoms with Gasteiger partial charge in [0.05, 0.1) is 10.7 Å². The Labute approximate surface area is 193 Å². The summed E-state index contributed by atoms with van der Waals surface area (Å²) in [4.78, 5) is 34.9. The van der Waals surface area contributed by atoms with Gasteiger partial charge in [-0.25, -0.2) is 9.97 Å². The molecule has 0 radical (unpaired) electrons. The lowest BCUT2D eigenvalue weighted by molar-refractivity contribution is -0.274. The molecule has 1 aromatic carbocycles. The highest BCUT2D eigenvalue weighted by molar-refractivity contribution is 6.33. The van der Waals surface area contributed by atoms with Gasteiger partial charge in [0.2, 0.25) is 11.9 Å². The molecule has 33 heavy (non-hydrogen) atoms. The Morgan fingerprint density at radius 3 is 2.70 bits per heavy atom. The van der Waals surface area contributed by atoms with Gasteiger partial charge in [0.1, 0.15) is 11.4 Å². The van der Waals surface area contributed by atoms with Crippen LogP contribution in [-0.2, 0) is 4.79 Å². The summed E-state index contributed by atoms with van der Waals surface area (Å²) >= 11 is 6.22. The molecule has 176 valence electrons. The lowest BCUT2D eigenvalue weighted by atomic mass is 9.91. The zero-order valence-corrected chi connectivity index (χ0v) is 18.3. The highest BCUT2D eigenvalue weighted by atomic mass is 35.5. The molecule has 2 aliphatic rings. The number of halogens is 4. The lowest BCUT2D eigenvalue weighted by Gasteiger charge is -2.34. The first-order valence-electron chi connectivity index (χ1n) is 10.7. The van der Waals surface area contributed by atoms with Gasteiger partial charge in [-0.15, -0.1) is 13.2 Å². The summed E-state index contributed by atoms with van der Waals surface area (Å²) in [6.45, 7) is 1.20. The number of ether oxygens (including phenoxy) is 1. The van der Waals surface area contributed by atoms with Gasteiger partial charge in [0.25, 0.3) is 0 Å². The van der Waals surface area contributed by atoms with E-state index in [-0.39, 0.29) is 52.4 Å². The van der Waals surface area contributed by atoms with Crippen LogP contribution in [-0.4, -0.2) is 41.1 Å². The SMILES string of the molecule is O=C(C[C@@H]1CCCN(c2ccc(OC(F)(F)F)cc2Cl)C1)c1ccnc(NC(=O)C2CC2)n1. The van der Waals surface area contributed by atoms with E-state index in [1.165, 1.54) is 24.4 Å². The van der Waals surface area contributed by atoms with Crippen molar-refractivity contribution in [3.05, 3.63) is 41.2 Å². The second-order valence-electron chi connectivity index (χ2n) is 8.27. The summed E-state index contributed by atoms with van der Waals surface area (Å²) in [6.07, 6.45) is 0.238. The number of alkyl halides is 3. The molecular formula is C22H22ClF3N4O3. The van der Waals surface area contributed by atoms with Gasteiger partial charge in [-0.1, -0.05) is 11.6 Å². The van der Waals surface area contributed by atoms with Crippen molar-refractivity contribution < 1.29 is 27.5 Å². The third-order valence-electron chi connectivity index (χ3n) is 5.61. The summed E-state index contributed by atoms with van der Waals surface area (Å²) in [5.74, 6) is -0.531. The first-order valence-corrected chi connectivity index (χ1v) is 11.0. The highest BCUT2D eigenvalue weighted by Crippen LogP contribution is 2.35. The molecule has 1 N–H and O–H groups in total. The number of Topliss-reactive ketones (excluding diaryl/α,β-unsaturated/α-hetero) is 1. The van der Waals surface area contributed by atoms with Crippen molar-refractivity contribution in [2.24, 2.45) is 11.8 Å². The zero-order chi connectivity index (χ0) is 23.6. The first-order chi connectivity index (χ1) is 15.7. The summed E-state index contributed by atoms with van der Waals surface area (Å²) in [7, 11) is 0. The molecule has 7 nitrogen and oxygen atoms in total. The summed E-state index contributed by atoms with van der Waals surface area (Å²) < 4.78 is 41.2. The van der Waals surface area contributed by atoms with E-state index in [2.05, 4.69) is 20.0 Å². The van der Waals surface area contributed by atoms with Crippen molar-refractivity contribution in [3.63, 3.8) is 0 Å². The minimum Gasteiger partial charge on any atom is -0.406 e. The van der Waals surface area contributed by atoms with E-state index in [9.17, 15) is 22.8 Å². The van der Waals surface area contributed by atoms with Crippen LogP contribution in [0, 0.1) is 11.8 Å². The molecule has 1 aliphatic heterocycles. The molecule has 11 heteroatoms. The highest BCUT2D eigenvalue weighted by Gasteiger charge is 2.32. The second kappa shape index (κ2) is 9.54. The Morgan fingerprint density at radius 1 is 1.21 bits per heavy atom. The molecular weight excluding hydrogens is 461 g/mol. The van der Waals surface area contributed by atoms with Gasteiger partial charge >= 0.3 is 6.36 Å². The summed E-state index contributed by atoms with van der Waals surface area (Å²) in [5.41, 5.74) is 0.829. The standard InChI is InChI=1S/C22H22ClF3N4O3/c23-16-11-15(33-22(24,25)26)5-6-18(16)30-9-1-2-13(12-30)10-19(31)17-7-8-27-21(28-17)29-20(32)14-3-4-14/h5-8,11,13-14H,1-4,9-10,12H2,(H,27,28,29,32)/t13-/m0/s1. The van der Waals surface area contributed by atoms with Gasteiger partial charge in [-0.05, 0) is 49.8 Å². The summed E-state index contributed by atoms with van der Waals surface area (Å²) in [5, 5.41) is 2.79. The Bertz CT molecular complexity index is 1050. The summed E-state index contributed by atoms with van der Waals surface area (Å²) in [6, 6.07) is 5.37. The Kier molecular flexibility index (Phi) is 6.73. The zero-order valence-electron chi connectivity index (χ0n) is 17.6. The van der Waals surface area contributed by atoms with Crippen molar-refractivity contribution in [1.82, 2.24) is 9.97 Å². The Balaban J connectivity index is 1.38. The smallest absolute Gasteiger partial charge is 0.406 e. The number of ketones is 1. The van der Waals surface area contributed by atoms with Gasteiger partial charge < -0.3 is 9.64 Å². The average molecular weight is 483 g/mol. The van der Waals surface area contributed by atoms with Gasteiger partial charge in [-0.2, -0.15) is 0 Å². The van der Waals surface area contributed by atoms with Crippen LogP contribution < -0.4 is 15.0 Å². The number of benzene rings is 1. The molecule has 0 bridgehead atoms. The number of nitrogens with zero attached hydrogens (tertiary/aromatic N) is 3. The van der Waals surface area contributed by atoms with Crippen LogP contribution in [0.25, 0.3) is 0 Å². The molecule has 1 amide bonds. The molecule has 1 aromatic heterocycles. The van der Waals surface area contributed by atoms with Gasteiger partial charge in [0.15, 0.2) is 5.78 Å². The largest absolute Gasteiger partial charge is 0.573 e. The minimum atomic E-state index is -4.79. The number of nitrogens with one attached hydrogen (secondary N) is 1. The number of carbonyl (C=O) groups is 2. The van der Waals surface area contributed by atoms with Crippen LogP contribution in [0.2, 0.25) is 5.02 Å². The van der Waals surface area contributed by atoms with Crippen molar-refractivity contribution in [2.75, 3.05) is 23.3 Å². The fourth-order valence-electron chi connectivity index (χ4n) is 3.89. The monoisotopic (exact) mass is 482 g/mol. The average Bonchev–Trinajstić information content (AvgIpc) is 3.58. The third kappa shape index (κ3) is 6.34. The van der Waals surface area contributed by atoms with E-state index < -0.39 is 6.36 Å². The number of anilines is 2. The molecule has 4 rings (SSSR count). The van der Waals surface area contributed by atoms with E-state index in [1.807, 2.05) is 4.90 Å². The van der Waals surface area contributed by atoms with E-state index in [4.69, 9.17) is 11.6 Å². The number of rotatable bonds is 7.